The normalized spacial score (nSPS) is 24.1. The lowest BCUT2D eigenvalue weighted by Crippen LogP contribution is -2.50. The SMILES string of the molecule is O=S(=O)(c1ccc(OC(F)F)cc1)N1CCC(N2CCCC(F)C2)CC1. The van der Waals surface area contributed by atoms with Gasteiger partial charge in [0.25, 0.3) is 0 Å². The molecule has 1 aromatic carbocycles. The van der Waals surface area contributed by atoms with Gasteiger partial charge in [-0.15, -0.1) is 0 Å². The minimum atomic E-state index is -3.67. The number of piperidine rings is 2. The number of halogens is 3. The molecular formula is C17H23F3N2O3S. The monoisotopic (exact) mass is 392 g/mol. The zero-order valence-corrected chi connectivity index (χ0v) is 15.2. The summed E-state index contributed by atoms with van der Waals surface area (Å²) in [5.74, 6) is -0.0801. The highest BCUT2D eigenvalue weighted by Gasteiger charge is 2.33. The first-order valence-electron chi connectivity index (χ1n) is 8.79. The average molecular weight is 392 g/mol. The van der Waals surface area contributed by atoms with Gasteiger partial charge in [0.2, 0.25) is 10.0 Å². The Morgan fingerprint density at radius 3 is 2.27 bits per heavy atom. The van der Waals surface area contributed by atoms with Gasteiger partial charge in [0.1, 0.15) is 11.9 Å². The Kier molecular flexibility index (Phi) is 6.09. The smallest absolute Gasteiger partial charge is 0.387 e. The van der Waals surface area contributed by atoms with Crippen molar-refractivity contribution >= 4 is 10.0 Å². The number of rotatable bonds is 5. The fourth-order valence-corrected chi connectivity index (χ4v) is 5.14. The summed E-state index contributed by atoms with van der Waals surface area (Å²) in [5.41, 5.74) is 0. The van der Waals surface area contributed by atoms with Crippen molar-refractivity contribution in [3.63, 3.8) is 0 Å². The van der Waals surface area contributed by atoms with Crippen LogP contribution in [0.25, 0.3) is 0 Å². The maximum Gasteiger partial charge on any atom is 0.387 e. The third-order valence-corrected chi connectivity index (χ3v) is 6.93. The number of likely N-dealkylation sites (tertiary alicyclic amines) is 1. The zero-order valence-electron chi connectivity index (χ0n) is 14.4. The molecule has 2 fully saturated rings. The van der Waals surface area contributed by atoms with Crippen molar-refractivity contribution in [2.24, 2.45) is 0 Å². The predicted molar refractivity (Wildman–Crippen MR) is 90.6 cm³/mol. The lowest BCUT2D eigenvalue weighted by atomic mass is 10.0. The Labute approximate surface area is 151 Å². The van der Waals surface area contributed by atoms with Crippen molar-refractivity contribution in [3.8, 4) is 5.75 Å². The van der Waals surface area contributed by atoms with Gasteiger partial charge >= 0.3 is 6.61 Å². The molecule has 0 amide bonds. The Morgan fingerprint density at radius 2 is 1.69 bits per heavy atom. The van der Waals surface area contributed by atoms with E-state index in [2.05, 4.69) is 9.64 Å². The fraction of sp³-hybridized carbons (Fsp3) is 0.647. The van der Waals surface area contributed by atoms with Crippen molar-refractivity contribution in [2.45, 2.75) is 49.4 Å². The molecule has 1 aromatic rings. The second-order valence-electron chi connectivity index (χ2n) is 6.72. The van der Waals surface area contributed by atoms with Gasteiger partial charge in [-0.2, -0.15) is 13.1 Å². The van der Waals surface area contributed by atoms with E-state index in [1.54, 1.807) is 0 Å². The van der Waals surface area contributed by atoms with Crippen LogP contribution in [0.5, 0.6) is 5.75 Å². The number of alkyl halides is 3. The minimum Gasteiger partial charge on any atom is -0.435 e. The molecule has 2 aliphatic rings. The van der Waals surface area contributed by atoms with Crippen LogP contribution < -0.4 is 4.74 Å². The second-order valence-corrected chi connectivity index (χ2v) is 8.66. The lowest BCUT2D eigenvalue weighted by Gasteiger charge is -2.40. The van der Waals surface area contributed by atoms with Gasteiger partial charge in [-0.05, 0) is 56.5 Å². The number of nitrogens with zero attached hydrogens (tertiary/aromatic N) is 2. The summed E-state index contributed by atoms with van der Waals surface area (Å²) in [6.45, 7) is -0.909. The molecule has 3 rings (SSSR count). The molecule has 0 N–H and O–H groups in total. The summed E-state index contributed by atoms with van der Waals surface area (Å²) in [6, 6.07) is 5.21. The van der Waals surface area contributed by atoms with E-state index in [9.17, 15) is 21.6 Å². The molecule has 5 nitrogen and oxygen atoms in total. The van der Waals surface area contributed by atoms with Gasteiger partial charge in [-0.25, -0.2) is 12.8 Å². The van der Waals surface area contributed by atoms with E-state index in [4.69, 9.17) is 0 Å². The first kappa shape index (κ1) is 19.4. The molecule has 2 aliphatic heterocycles. The van der Waals surface area contributed by atoms with E-state index in [1.807, 2.05) is 0 Å². The molecule has 9 heteroatoms. The highest BCUT2D eigenvalue weighted by molar-refractivity contribution is 7.89. The first-order valence-corrected chi connectivity index (χ1v) is 10.2. The van der Waals surface area contributed by atoms with Crippen molar-refractivity contribution < 1.29 is 26.3 Å². The Bertz CT molecular complexity index is 692. The summed E-state index contributed by atoms with van der Waals surface area (Å²) in [7, 11) is -3.67. The minimum absolute atomic E-state index is 0.0550. The third kappa shape index (κ3) is 4.50. The molecule has 1 unspecified atom stereocenters. The van der Waals surface area contributed by atoms with Gasteiger partial charge in [0, 0.05) is 25.7 Å². The molecule has 2 heterocycles. The molecule has 1 atom stereocenters. The summed E-state index contributed by atoms with van der Waals surface area (Å²) < 4.78 is 69.0. The topological polar surface area (TPSA) is 49.9 Å². The van der Waals surface area contributed by atoms with E-state index in [0.717, 1.165) is 13.0 Å². The van der Waals surface area contributed by atoms with E-state index in [0.29, 0.717) is 38.9 Å². The average Bonchev–Trinajstić information content (AvgIpc) is 2.62. The van der Waals surface area contributed by atoms with Crippen LogP contribution in [0.2, 0.25) is 0 Å². The standard InChI is InChI=1S/C17H23F3N2O3S/c18-13-2-1-9-21(12-13)14-7-10-22(11-8-14)26(23,24)16-5-3-15(4-6-16)25-17(19)20/h3-6,13-14,17H,1-2,7-12H2. The molecule has 0 bridgehead atoms. The Morgan fingerprint density at radius 1 is 1.04 bits per heavy atom. The van der Waals surface area contributed by atoms with E-state index < -0.39 is 22.8 Å². The fourth-order valence-electron chi connectivity index (χ4n) is 3.67. The van der Waals surface area contributed by atoms with Crippen LogP contribution >= 0.6 is 0 Å². The van der Waals surface area contributed by atoms with E-state index in [-0.39, 0.29) is 16.7 Å². The van der Waals surface area contributed by atoms with E-state index >= 15 is 0 Å². The Hall–Kier alpha value is -1.32. The summed E-state index contributed by atoms with van der Waals surface area (Å²) >= 11 is 0. The van der Waals surface area contributed by atoms with Crippen LogP contribution in [-0.4, -0.2) is 62.6 Å². The van der Waals surface area contributed by atoms with Crippen LogP contribution in [0, 0.1) is 0 Å². The Balaban J connectivity index is 1.60. The van der Waals surface area contributed by atoms with Crippen molar-refractivity contribution in [3.05, 3.63) is 24.3 Å². The molecular weight excluding hydrogens is 369 g/mol. The molecule has 0 aromatic heterocycles. The maximum absolute atomic E-state index is 13.6. The predicted octanol–water partition coefficient (Wildman–Crippen LogP) is 2.88. The highest BCUT2D eigenvalue weighted by Crippen LogP contribution is 2.27. The molecule has 0 saturated carbocycles. The van der Waals surface area contributed by atoms with Crippen molar-refractivity contribution in [2.75, 3.05) is 26.2 Å². The summed E-state index contributed by atoms with van der Waals surface area (Å²) in [6.07, 6.45) is 1.98. The molecule has 146 valence electrons. The van der Waals surface area contributed by atoms with E-state index in [1.165, 1.54) is 28.6 Å². The second kappa shape index (κ2) is 8.14. The molecule has 26 heavy (non-hydrogen) atoms. The molecule has 2 saturated heterocycles. The van der Waals surface area contributed by atoms with Gasteiger partial charge in [0.15, 0.2) is 0 Å². The van der Waals surface area contributed by atoms with Crippen LogP contribution in [0.3, 0.4) is 0 Å². The van der Waals surface area contributed by atoms with Crippen LogP contribution in [0.1, 0.15) is 25.7 Å². The number of hydrogen-bond donors (Lipinski definition) is 0. The lowest BCUT2D eigenvalue weighted by molar-refractivity contribution is -0.0498. The maximum atomic E-state index is 13.6. The highest BCUT2D eigenvalue weighted by atomic mass is 32.2. The van der Waals surface area contributed by atoms with Crippen LogP contribution in [0.4, 0.5) is 13.2 Å². The molecule has 0 aliphatic carbocycles. The van der Waals surface area contributed by atoms with Gasteiger partial charge in [-0.3, -0.25) is 4.90 Å². The number of hydrogen-bond acceptors (Lipinski definition) is 4. The first-order chi connectivity index (χ1) is 12.4. The van der Waals surface area contributed by atoms with Gasteiger partial charge in [-0.1, -0.05) is 0 Å². The van der Waals surface area contributed by atoms with Crippen LogP contribution in [-0.2, 0) is 10.0 Å². The van der Waals surface area contributed by atoms with Crippen molar-refractivity contribution in [1.29, 1.82) is 0 Å². The summed E-state index contributed by atoms with van der Waals surface area (Å²) in [4.78, 5) is 2.19. The largest absolute Gasteiger partial charge is 0.435 e. The number of ether oxygens (including phenoxy) is 1. The number of benzene rings is 1. The van der Waals surface area contributed by atoms with Gasteiger partial charge in [0.05, 0.1) is 4.90 Å². The molecule has 0 spiro atoms. The zero-order chi connectivity index (χ0) is 18.7. The number of sulfonamides is 1. The molecule has 0 radical (unpaired) electrons. The van der Waals surface area contributed by atoms with Crippen molar-refractivity contribution in [1.82, 2.24) is 9.21 Å². The summed E-state index contributed by atoms with van der Waals surface area (Å²) in [5, 5.41) is 0. The van der Waals surface area contributed by atoms with Gasteiger partial charge < -0.3 is 4.74 Å². The third-order valence-electron chi connectivity index (χ3n) is 5.02. The van der Waals surface area contributed by atoms with Crippen LogP contribution in [0.15, 0.2) is 29.2 Å². The quantitative estimate of drug-likeness (QED) is 0.773.